The molecule has 0 aliphatic carbocycles. The van der Waals surface area contributed by atoms with E-state index in [-0.39, 0.29) is 24.4 Å². The maximum absolute atomic E-state index is 13.7. The molecule has 0 unspecified atom stereocenters. The van der Waals surface area contributed by atoms with E-state index in [1.807, 2.05) is 55.5 Å². The van der Waals surface area contributed by atoms with Crippen molar-refractivity contribution in [3.8, 4) is 23.1 Å². The molecule has 3 aromatic carbocycles. The van der Waals surface area contributed by atoms with Gasteiger partial charge in [0, 0.05) is 24.8 Å². The van der Waals surface area contributed by atoms with Crippen molar-refractivity contribution in [3.63, 3.8) is 0 Å². The molecule has 0 saturated carbocycles. The van der Waals surface area contributed by atoms with E-state index in [1.165, 1.54) is 24.3 Å². The molecule has 1 aromatic heterocycles. The van der Waals surface area contributed by atoms with Crippen LogP contribution in [-0.2, 0) is 11.3 Å². The van der Waals surface area contributed by atoms with Gasteiger partial charge in [0.15, 0.2) is 0 Å². The van der Waals surface area contributed by atoms with E-state index in [0.29, 0.717) is 36.1 Å². The first-order valence-corrected chi connectivity index (χ1v) is 12.6. The molecule has 0 N–H and O–H groups in total. The van der Waals surface area contributed by atoms with Crippen LogP contribution in [-0.4, -0.2) is 47.0 Å². The molecule has 2 heterocycles. The van der Waals surface area contributed by atoms with Gasteiger partial charge in [0.1, 0.15) is 17.3 Å². The fourth-order valence-electron chi connectivity index (χ4n) is 4.57. The van der Waals surface area contributed by atoms with Crippen molar-refractivity contribution in [2.75, 3.05) is 20.3 Å². The highest BCUT2D eigenvalue weighted by Crippen LogP contribution is 2.33. The maximum atomic E-state index is 13.7. The fraction of sp³-hybridized carbons (Fsp3) is 0.267. The van der Waals surface area contributed by atoms with Gasteiger partial charge in [-0.2, -0.15) is 5.10 Å². The Labute approximate surface area is 221 Å². The number of methoxy groups -OCH3 is 1. The monoisotopic (exact) mass is 515 g/mol. The van der Waals surface area contributed by atoms with Gasteiger partial charge in [-0.05, 0) is 68.3 Å². The molecule has 0 spiro atoms. The highest BCUT2D eigenvalue weighted by Gasteiger charge is 2.28. The normalized spacial score (nSPS) is 14.9. The predicted octanol–water partition coefficient (Wildman–Crippen LogP) is 5.94. The smallest absolute Gasteiger partial charge is 0.254 e. The third kappa shape index (κ3) is 5.70. The third-order valence-electron chi connectivity index (χ3n) is 6.57. The molecule has 1 fully saturated rings. The van der Waals surface area contributed by atoms with Gasteiger partial charge in [0.05, 0.1) is 36.7 Å². The molecule has 1 amide bonds. The first-order chi connectivity index (χ1) is 18.5. The average molecular weight is 516 g/mol. The number of halogens is 1. The molecule has 38 heavy (non-hydrogen) atoms. The quantitative estimate of drug-likeness (QED) is 0.276. The Kier molecular flexibility index (Phi) is 7.70. The Morgan fingerprint density at radius 1 is 1.08 bits per heavy atom. The van der Waals surface area contributed by atoms with Gasteiger partial charge in [0.2, 0.25) is 5.88 Å². The van der Waals surface area contributed by atoms with Crippen LogP contribution in [0.1, 0.15) is 34.5 Å². The number of aryl methyl sites for hydroxylation is 1. The minimum absolute atomic E-state index is 0.0633. The van der Waals surface area contributed by atoms with E-state index >= 15 is 0 Å². The summed E-state index contributed by atoms with van der Waals surface area (Å²) in [5.41, 5.74) is 2.74. The van der Waals surface area contributed by atoms with Crippen LogP contribution in [0.3, 0.4) is 0 Å². The molecule has 1 saturated heterocycles. The average Bonchev–Trinajstić information content (AvgIpc) is 3.57. The van der Waals surface area contributed by atoms with Crippen LogP contribution in [0.5, 0.6) is 17.4 Å². The molecular weight excluding hydrogens is 485 g/mol. The first kappa shape index (κ1) is 25.5. The minimum Gasteiger partial charge on any atom is -0.497 e. The van der Waals surface area contributed by atoms with Crippen LogP contribution in [0.25, 0.3) is 5.69 Å². The van der Waals surface area contributed by atoms with Crippen molar-refractivity contribution >= 4 is 5.91 Å². The van der Waals surface area contributed by atoms with Gasteiger partial charge in [-0.25, -0.2) is 9.07 Å². The van der Waals surface area contributed by atoms with Gasteiger partial charge >= 0.3 is 0 Å². The lowest BCUT2D eigenvalue weighted by Gasteiger charge is -2.26. The predicted molar refractivity (Wildman–Crippen MR) is 141 cm³/mol. The van der Waals surface area contributed by atoms with Crippen molar-refractivity contribution in [1.82, 2.24) is 14.7 Å². The van der Waals surface area contributed by atoms with Gasteiger partial charge in [0.25, 0.3) is 5.91 Å². The summed E-state index contributed by atoms with van der Waals surface area (Å²) in [5.74, 6) is 1.16. The first-order valence-electron chi connectivity index (χ1n) is 12.6. The van der Waals surface area contributed by atoms with E-state index in [9.17, 15) is 9.18 Å². The van der Waals surface area contributed by atoms with E-state index < -0.39 is 0 Å². The van der Waals surface area contributed by atoms with E-state index in [4.69, 9.17) is 19.3 Å². The summed E-state index contributed by atoms with van der Waals surface area (Å²) < 4.78 is 33.0. The number of hydrogen-bond acceptors (Lipinski definition) is 5. The Hall–Kier alpha value is -4.17. The molecule has 8 heteroatoms. The largest absolute Gasteiger partial charge is 0.497 e. The van der Waals surface area contributed by atoms with Gasteiger partial charge in [-0.1, -0.05) is 24.3 Å². The number of benzene rings is 3. The zero-order chi connectivity index (χ0) is 26.5. The molecule has 0 radical (unpaired) electrons. The van der Waals surface area contributed by atoms with Crippen LogP contribution >= 0.6 is 0 Å². The topological polar surface area (TPSA) is 65.8 Å². The number of hydrogen-bond donors (Lipinski definition) is 0. The van der Waals surface area contributed by atoms with Crippen molar-refractivity contribution in [2.45, 2.75) is 32.4 Å². The Morgan fingerprint density at radius 3 is 2.55 bits per heavy atom. The number of ether oxygens (including phenoxy) is 3. The molecule has 5 rings (SSSR count). The summed E-state index contributed by atoms with van der Waals surface area (Å²) in [4.78, 5) is 15.4. The van der Waals surface area contributed by atoms with Crippen LogP contribution in [0.15, 0.2) is 78.9 Å². The maximum Gasteiger partial charge on any atom is 0.254 e. The SMILES string of the molecule is COc1cccc(Oc2c(CN(C[C@H]3CCCO3)C(=O)c3ccc(F)cc3)c(C)nn2-c2ccccc2)c1. The second-order valence-corrected chi connectivity index (χ2v) is 9.23. The second-order valence-electron chi connectivity index (χ2n) is 9.23. The summed E-state index contributed by atoms with van der Waals surface area (Å²) in [6.45, 7) is 3.23. The Morgan fingerprint density at radius 2 is 1.84 bits per heavy atom. The summed E-state index contributed by atoms with van der Waals surface area (Å²) in [7, 11) is 1.60. The molecule has 1 aliphatic rings. The van der Waals surface area contributed by atoms with E-state index in [1.54, 1.807) is 22.8 Å². The van der Waals surface area contributed by atoms with E-state index in [2.05, 4.69) is 0 Å². The van der Waals surface area contributed by atoms with Crippen LogP contribution < -0.4 is 9.47 Å². The van der Waals surface area contributed by atoms with Crippen LogP contribution in [0, 0.1) is 12.7 Å². The van der Waals surface area contributed by atoms with E-state index in [0.717, 1.165) is 29.8 Å². The highest BCUT2D eigenvalue weighted by molar-refractivity contribution is 5.94. The molecule has 1 aliphatic heterocycles. The highest BCUT2D eigenvalue weighted by atomic mass is 19.1. The number of para-hydroxylation sites is 1. The summed E-state index contributed by atoms with van der Waals surface area (Å²) >= 11 is 0. The number of amides is 1. The summed E-state index contributed by atoms with van der Waals surface area (Å²) in [6, 6.07) is 22.7. The fourth-order valence-corrected chi connectivity index (χ4v) is 4.57. The molecule has 7 nitrogen and oxygen atoms in total. The zero-order valence-electron chi connectivity index (χ0n) is 21.5. The number of carbonyl (C=O) groups excluding carboxylic acids is 1. The Bertz CT molecular complexity index is 1380. The number of nitrogens with zero attached hydrogens (tertiary/aromatic N) is 3. The van der Waals surface area contributed by atoms with Crippen molar-refractivity contribution in [1.29, 1.82) is 0 Å². The van der Waals surface area contributed by atoms with Crippen molar-refractivity contribution < 1.29 is 23.4 Å². The van der Waals surface area contributed by atoms with Crippen LogP contribution in [0.2, 0.25) is 0 Å². The lowest BCUT2D eigenvalue weighted by atomic mass is 10.1. The summed E-state index contributed by atoms with van der Waals surface area (Å²) in [5, 5.41) is 4.79. The standard InChI is InChI=1S/C30H30FN3O4/c1-21-28(20-33(19-27-12-7-17-37-27)29(35)22-13-15-23(31)16-14-22)30(34(32-21)24-8-4-3-5-9-24)38-26-11-6-10-25(18-26)36-2/h3-6,8-11,13-16,18,27H,7,12,17,19-20H2,1-2H3/t27-/m1/s1. The lowest BCUT2D eigenvalue weighted by molar-refractivity contribution is 0.0505. The molecule has 196 valence electrons. The minimum atomic E-state index is -0.388. The molecule has 0 bridgehead atoms. The molecular formula is C30H30FN3O4. The number of rotatable bonds is 9. The third-order valence-corrected chi connectivity index (χ3v) is 6.57. The Balaban J connectivity index is 1.54. The molecule has 4 aromatic rings. The zero-order valence-corrected chi connectivity index (χ0v) is 21.5. The summed E-state index contributed by atoms with van der Waals surface area (Å²) in [6.07, 6.45) is 1.77. The van der Waals surface area contributed by atoms with Gasteiger partial charge < -0.3 is 19.1 Å². The van der Waals surface area contributed by atoms with Crippen LogP contribution in [0.4, 0.5) is 4.39 Å². The molecule has 1 atom stereocenters. The van der Waals surface area contributed by atoms with Crippen molar-refractivity contribution in [3.05, 3.63) is 102 Å². The van der Waals surface area contributed by atoms with Gasteiger partial charge in [-0.3, -0.25) is 4.79 Å². The van der Waals surface area contributed by atoms with Gasteiger partial charge in [-0.15, -0.1) is 0 Å². The second kappa shape index (κ2) is 11.5. The lowest BCUT2D eigenvalue weighted by Crippen LogP contribution is -2.37. The number of aromatic nitrogens is 2. The number of carbonyl (C=O) groups is 1. The van der Waals surface area contributed by atoms with Crippen molar-refractivity contribution in [2.24, 2.45) is 0 Å².